The molecule has 0 aliphatic rings. The average molecular weight is 261 g/mol. The summed E-state index contributed by atoms with van der Waals surface area (Å²) in [7, 11) is 1.68. The second kappa shape index (κ2) is 6.06. The van der Waals surface area contributed by atoms with Crippen LogP contribution in [0.4, 0.5) is 0 Å². The van der Waals surface area contributed by atoms with E-state index in [-0.39, 0.29) is 0 Å². The van der Waals surface area contributed by atoms with Gasteiger partial charge in [-0.1, -0.05) is 6.92 Å². The van der Waals surface area contributed by atoms with Gasteiger partial charge in [-0.25, -0.2) is 4.98 Å². The third kappa shape index (κ3) is 2.73. The van der Waals surface area contributed by atoms with E-state index in [9.17, 15) is 0 Å². The summed E-state index contributed by atoms with van der Waals surface area (Å²) in [5.74, 6) is 2.44. The molecule has 2 N–H and O–H groups in total. The van der Waals surface area contributed by atoms with Gasteiger partial charge in [-0.2, -0.15) is 0 Å². The van der Waals surface area contributed by atoms with E-state index in [0.717, 1.165) is 43.0 Å². The van der Waals surface area contributed by atoms with Crippen LogP contribution >= 0.6 is 0 Å². The number of hydrogen-bond donors (Lipinski definition) is 1. The number of nitrogens with two attached hydrogens (primary N) is 1. The zero-order chi connectivity index (χ0) is 13.8. The molecule has 0 spiro atoms. The van der Waals surface area contributed by atoms with Crippen molar-refractivity contribution in [1.82, 2.24) is 9.55 Å². The Hall–Kier alpha value is -1.55. The van der Waals surface area contributed by atoms with Crippen molar-refractivity contribution in [1.29, 1.82) is 0 Å². The predicted molar refractivity (Wildman–Crippen MR) is 78.7 cm³/mol. The van der Waals surface area contributed by atoms with Gasteiger partial charge in [-0.15, -0.1) is 0 Å². The van der Waals surface area contributed by atoms with Crippen LogP contribution in [-0.2, 0) is 6.54 Å². The Balaban J connectivity index is 2.42. The first-order chi connectivity index (χ1) is 9.21. The van der Waals surface area contributed by atoms with E-state index >= 15 is 0 Å². The fourth-order valence-corrected chi connectivity index (χ4v) is 2.52. The molecule has 104 valence electrons. The minimum Gasteiger partial charge on any atom is -0.497 e. The van der Waals surface area contributed by atoms with Crippen molar-refractivity contribution in [3.8, 4) is 5.75 Å². The van der Waals surface area contributed by atoms with Crippen molar-refractivity contribution >= 4 is 11.0 Å². The second-order valence-electron chi connectivity index (χ2n) is 4.90. The van der Waals surface area contributed by atoms with Gasteiger partial charge in [-0.3, -0.25) is 0 Å². The standard InChI is InChI=1S/C15H23N3O/c1-4-18-14-8-7-12(19-3)10-13(14)17-15(18)11(2)6-5-9-16/h7-8,10-11H,4-6,9,16H2,1-3H3. The fraction of sp³-hybridized carbons (Fsp3) is 0.533. The number of rotatable bonds is 6. The van der Waals surface area contributed by atoms with Crippen molar-refractivity contribution in [2.24, 2.45) is 5.73 Å². The zero-order valence-electron chi connectivity index (χ0n) is 12.0. The number of methoxy groups -OCH3 is 1. The molecule has 19 heavy (non-hydrogen) atoms. The maximum absolute atomic E-state index is 5.59. The molecular weight excluding hydrogens is 238 g/mol. The van der Waals surface area contributed by atoms with E-state index in [4.69, 9.17) is 15.5 Å². The van der Waals surface area contributed by atoms with E-state index in [1.54, 1.807) is 7.11 Å². The van der Waals surface area contributed by atoms with Crippen molar-refractivity contribution in [2.75, 3.05) is 13.7 Å². The molecule has 0 radical (unpaired) electrons. The highest BCUT2D eigenvalue weighted by Crippen LogP contribution is 2.27. The summed E-state index contributed by atoms with van der Waals surface area (Å²) in [6.45, 7) is 6.06. The van der Waals surface area contributed by atoms with Gasteiger partial charge in [0.2, 0.25) is 0 Å². The topological polar surface area (TPSA) is 53.1 Å². The molecule has 0 fully saturated rings. The van der Waals surface area contributed by atoms with Crippen molar-refractivity contribution in [3.05, 3.63) is 24.0 Å². The molecule has 1 aromatic carbocycles. The lowest BCUT2D eigenvalue weighted by molar-refractivity contribution is 0.415. The van der Waals surface area contributed by atoms with Crippen LogP contribution in [0.3, 0.4) is 0 Å². The van der Waals surface area contributed by atoms with E-state index < -0.39 is 0 Å². The molecule has 2 rings (SSSR count). The molecule has 1 unspecified atom stereocenters. The van der Waals surface area contributed by atoms with Gasteiger partial charge in [0.05, 0.1) is 18.1 Å². The van der Waals surface area contributed by atoms with Gasteiger partial charge in [-0.05, 0) is 38.4 Å². The molecule has 4 heteroatoms. The zero-order valence-corrected chi connectivity index (χ0v) is 12.0. The Bertz CT molecular complexity index is 548. The first-order valence-electron chi connectivity index (χ1n) is 6.95. The Morgan fingerprint density at radius 1 is 1.42 bits per heavy atom. The van der Waals surface area contributed by atoms with Crippen LogP contribution in [0.15, 0.2) is 18.2 Å². The van der Waals surface area contributed by atoms with Gasteiger partial charge in [0.15, 0.2) is 0 Å². The molecule has 1 atom stereocenters. The highest BCUT2D eigenvalue weighted by Gasteiger charge is 2.15. The highest BCUT2D eigenvalue weighted by atomic mass is 16.5. The van der Waals surface area contributed by atoms with E-state index in [1.807, 2.05) is 12.1 Å². The van der Waals surface area contributed by atoms with Crippen LogP contribution < -0.4 is 10.5 Å². The molecular formula is C15H23N3O. The Morgan fingerprint density at radius 2 is 2.21 bits per heavy atom. The van der Waals surface area contributed by atoms with Crippen LogP contribution in [0.2, 0.25) is 0 Å². The van der Waals surface area contributed by atoms with Gasteiger partial charge >= 0.3 is 0 Å². The number of hydrogen-bond acceptors (Lipinski definition) is 3. The molecule has 0 aliphatic heterocycles. The summed E-state index contributed by atoms with van der Waals surface area (Å²) in [4.78, 5) is 4.79. The lowest BCUT2D eigenvalue weighted by Gasteiger charge is -2.12. The number of aryl methyl sites for hydroxylation is 1. The summed E-state index contributed by atoms with van der Waals surface area (Å²) in [5.41, 5.74) is 7.78. The number of nitrogens with zero attached hydrogens (tertiary/aromatic N) is 2. The Morgan fingerprint density at radius 3 is 2.84 bits per heavy atom. The Labute approximate surface area is 114 Å². The highest BCUT2D eigenvalue weighted by molar-refractivity contribution is 5.78. The number of benzene rings is 1. The lowest BCUT2D eigenvalue weighted by atomic mass is 10.1. The number of fused-ring (bicyclic) bond motifs is 1. The van der Waals surface area contributed by atoms with Gasteiger partial charge in [0.25, 0.3) is 0 Å². The SMILES string of the molecule is CCn1c(C(C)CCCN)nc2cc(OC)ccc21. The summed E-state index contributed by atoms with van der Waals surface area (Å²) in [6.07, 6.45) is 2.12. The van der Waals surface area contributed by atoms with E-state index in [0.29, 0.717) is 5.92 Å². The molecule has 0 saturated carbocycles. The molecule has 1 heterocycles. The summed E-state index contributed by atoms with van der Waals surface area (Å²) in [6, 6.07) is 6.08. The first-order valence-corrected chi connectivity index (χ1v) is 6.95. The number of aromatic nitrogens is 2. The third-order valence-electron chi connectivity index (χ3n) is 3.58. The molecule has 4 nitrogen and oxygen atoms in total. The maximum atomic E-state index is 5.59. The molecule has 0 aliphatic carbocycles. The molecule has 0 amide bonds. The fourth-order valence-electron chi connectivity index (χ4n) is 2.52. The van der Waals surface area contributed by atoms with Crippen LogP contribution in [0, 0.1) is 0 Å². The van der Waals surface area contributed by atoms with Gasteiger partial charge in [0.1, 0.15) is 11.6 Å². The molecule has 0 bridgehead atoms. The summed E-state index contributed by atoms with van der Waals surface area (Å²) >= 11 is 0. The van der Waals surface area contributed by atoms with Crippen molar-refractivity contribution in [3.63, 3.8) is 0 Å². The predicted octanol–water partition coefficient (Wildman–Crippen LogP) is 2.91. The second-order valence-corrected chi connectivity index (χ2v) is 4.90. The lowest BCUT2D eigenvalue weighted by Crippen LogP contribution is -2.08. The largest absolute Gasteiger partial charge is 0.497 e. The van der Waals surface area contributed by atoms with Crippen LogP contribution in [-0.4, -0.2) is 23.2 Å². The van der Waals surface area contributed by atoms with E-state index in [2.05, 4.69) is 24.5 Å². The van der Waals surface area contributed by atoms with Crippen LogP contribution in [0.5, 0.6) is 5.75 Å². The smallest absolute Gasteiger partial charge is 0.121 e. The van der Waals surface area contributed by atoms with Gasteiger partial charge in [0, 0.05) is 18.5 Å². The summed E-state index contributed by atoms with van der Waals surface area (Å²) in [5, 5.41) is 0. The van der Waals surface area contributed by atoms with Crippen LogP contribution in [0.1, 0.15) is 38.4 Å². The first kappa shape index (κ1) is 13.9. The minimum atomic E-state index is 0.432. The minimum absolute atomic E-state index is 0.432. The van der Waals surface area contributed by atoms with Crippen molar-refractivity contribution < 1.29 is 4.74 Å². The third-order valence-corrected chi connectivity index (χ3v) is 3.58. The normalized spacial score (nSPS) is 12.8. The molecule has 2 aromatic rings. The number of imidazole rings is 1. The quantitative estimate of drug-likeness (QED) is 0.870. The molecule has 0 saturated heterocycles. The Kier molecular flexibility index (Phi) is 4.43. The number of ether oxygens (including phenoxy) is 1. The summed E-state index contributed by atoms with van der Waals surface area (Å²) < 4.78 is 7.55. The average Bonchev–Trinajstić information content (AvgIpc) is 2.81. The van der Waals surface area contributed by atoms with Crippen LogP contribution in [0.25, 0.3) is 11.0 Å². The maximum Gasteiger partial charge on any atom is 0.121 e. The monoisotopic (exact) mass is 261 g/mol. The van der Waals surface area contributed by atoms with Crippen molar-refractivity contribution in [2.45, 2.75) is 39.2 Å². The van der Waals surface area contributed by atoms with E-state index in [1.165, 1.54) is 5.52 Å². The van der Waals surface area contributed by atoms with Gasteiger partial charge < -0.3 is 15.0 Å². The molecule has 1 aromatic heterocycles.